The molecule has 1 aliphatic heterocycles. The summed E-state index contributed by atoms with van der Waals surface area (Å²) in [5.74, 6) is 2.13. The van der Waals surface area contributed by atoms with E-state index < -0.39 is 0 Å². The van der Waals surface area contributed by atoms with E-state index >= 15 is 0 Å². The maximum absolute atomic E-state index is 13.7. The highest BCUT2D eigenvalue weighted by Crippen LogP contribution is 2.56. The lowest BCUT2D eigenvalue weighted by Gasteiger charge is -2.30. The summed E-state index contributed by atoms with van der Waals surface area (Å²) in [6, 6.07) is 19.7. The third-order valence-corrected chi connectivity index (χ3v) is 8.27. The van der Waals surface area contributed by atoms with E-state index in [1.165, 1.54) is 74.6 Å². The van der Waals surface area contributed by atoms with Gasteiger partial charge in [-0.3, -0.25) is 4.79 Å². The Bertz CT molecular complexity index is 899. The largest absolute Gasteiger partial charge is 0.367 e. The van der Waals surface area contributed by atoms with Gasteiger partial charge in [0.2, 0.25) is 5.91 Å². The lowest BCUT2D eigenvalue weighted by molar-refractivity contribution is -0.134. The fourth-order valence-electron chi connectivity index (χ4n) is 6.40. The van der Waals surface area contributed by atoms with Gasteiger partial charge in [0.05, 0.1) is 0 Å². The van der Waals surface area contributed by atoms with Crippen molar-refractivity contribution in [3.63, 3.8) is 0 Å². The maximum Gasteiger partial charge on any atom is 0.226 e. The summed E-state index contributed by atoms with van der Waals surface area (Å²) in [5, 5.41) is 0. The van der Waals surface area contributed by atoms with Crippen LogP contribution >= 0.6 is 0 Å². The number of carbonyl (C=O) groups excluding carboxylic acids is 1. The van der Waals surface area contributed by atoms with Gasteiger partial charge in [0.25, 0.3) is 0 Å². The summed E-state index contributed by atoms with van der Waals surface area (Å²) >= 11 is 0. The summed E-state index contributed by atoms with van der Waals surface area (Å²) in [4.78, 5) is 18.5. The van der Waals surface area contributed by atoms with Crippen molar-refractivity contribution in [2.24, 2.45) is 17.8 Å². The van der Waals surface area contributed by atoms with Crippen molar-refractivity contribution in [3.05, 3.63) is 65.7 Å². The average molecular weight is 445 g/mol. The van der Waals surface area contributed by atoms with Crippen LogP contribution < -0.4 is 4.90 Å². The molecule has 0 bridgehead atoms. The fourth-order valence-corrected chi connectivity index (χ4v) is 6.40. The van der Waals surface area contributed by atoms with Gasteiger partial charge >= 0.3 is 0 Å². The third kappa shape index (κ3) is 5.45. The van der Waals surface area contributed by atoms with Crippen molar-refractivity contribution in [1.29, 1.82) is 0 Å². The van der Waals surface area contributed by atoms with Crippen molar-refractivity contribution in [2.75, 3.05) is 18.0 Å². The smallest absolute Gasteiger partial charge is 0.226 e. The Morgan fingerprint density at radius 2 is 1.36 bits per heavy atom. The topological polar surface area (TPSA) is 23.6 Å². The molecule has 0 saturated heterocycles. The second-order valence-corrected chi connectivity index (χ2v) is 10.6. The Morgan fingerprint density at radius 3 is 2.12 bits per heavy atom. The van der Waals surface area contributed by atoms with Crippen LogP contribution in [0, 0.1) is 17.8 Å². The first-order valence-electron chi connectivity index (χ1n) is 13.5. The molecule has 2 unspecified atom stereocenters. The van der Waals surface area contributed by atoms with E-state index in [2.05, 4.69) is 64.4 Å². The summed E-state index contributed by atoms with van der Waals surface area (Å²) in [6.07, 6.45) is 12.7. The van der Waals surface area contributed by atoms with E-state index in [9.17, 15) is 4.79 Å². The van der Waals surface area contributed by atoms with Crippen molar-refractivity contribution >= 4 is 11.6 Å². The van der Waals surface area contributed by atoms with E-state index in [1.54, 1.807) is 0 Å². The minimum absolute atomic E-state index is 0.316. The number of nitrogens with zero attached hydrogens (tertiary/aromatic N) is 2. The molecule has 3 aliphatic rings. The van der Waals surface area contributed by atoms with E-state index in [0.29, 0.717) is 23.7 Å². The molecule has 1 amide bonds. The zero-order valence-corrected chi connectivity index (χ0v) is 20.1. The molecule has 1 heterocycles. The molecular formula is C30H40N2O. The predicted molar refractivity (Wildman–Crippen MR) is 136 cm³/mol. The van der Waals surface area contributed by atoms with Gasteiger partial charge in [-0.1, -0.05) is 87.1 Å². The molecule has 0 N–H and O–H groups in total. The second kappa shape index (κ2) is 10.8. The molecule has 2 atom stereocenters. The number of fused-ring (bicyclic) bond motifs is 2. The van der Waals surface area contributed by atoms with Gasteiger partial charge in [-0.25, -0.2) is 0 Å². The molecule has 2 saturated carbocycles. The Labute approximate surface area is 200 Å². The van der Waals surface area contributed by atoms with Crippen molar-refractivity contribution in [3.8, 4) is 0 Å². The van der Waals surface area contributed by atoms with Crippen LogP contribution in [-0.4, -0.2) is 23.9 Å². The van der Waals surface area contributed by atoms with Crippen LogP contribution in [-0.2, 0) is 17.9 Å². The number of hydrogen-bond donors (Lipinski definition) is 0. The van der Waals surface area contributed by atoms with E-state index in [0.717, 1.165) is 32.6 Å². The fraction of sp³-hybridized carbons (Fsp3) is 0.567. The molecule has 2 aliphatic carbocycles. The lowest BCUT2D eigenvalue weighted by atomic mass is 10.0. The maximum atomic E-state index is 13.7. The molecule has 2 aromatic carbocycles. The van der Waals surface area contributed by atoms with E-state index in [1.807, 2.05) is 0 Å². The lowest BCUT2D eigenvalue weighted by Crippen LogP contribution is -2.34. The molecule has 2 aromatic rings. The average Bonchev–Trinajstić information content (AvgIpc) is 3.58. The number of carbonyl (C=O) groups is 1. The van der Waals surface area contributed by atoms with Crippen LogP contribution in [0.15, 0.2) is 54.6 Å². The van der Waals surface area contributed by atoms with Gasteiger partial charge in [-0.05, 0) is 54.7 Å². The number of benzene rings is 2. The molecule has 2 fully saturated rings. The number of rotatable bonds is 3. The molecule has 176 valence electrons. The van der Waals surface area contributed by atoms with Gasteiger partial charge in [-0.2, -0.15) is 0 Å². The number of amides is 1. The first-order valence-corrected chi connectivity index (χ1v) is 13.5. The summed E-state index contributed by atoms with van der Waals surface area (Å²) < 4.78 is 0. The summed E-state index contributed by atoms with van der Waals surface area (Å²) in [7, 11) is 0. The highest BCUT2D eigenvalue weighted by molar-refractivity contribution is 5.82. The number of para-hydroxylation sites is 1. The first-order chi connectivity index (χ1) is 16.3. The van der Waals surface area contributed by atoms with Crippen LogP contribution in [0.5, 0.6) is 0 Å². The Hall–Kier alpha value is -2.29. The first kappa shape index (κ1) is 22.5. The zero-order chi connectivity index (χ0) is 22.5. The Morgan fingerprint density at radius 1 is 0.727 bits per heavy atom. The number of anilines is 1. The molecule has 3 nitrogen and oxygen atoms in total. The predicted octanol–water partition coefficient (Wildman–Crippen LogP) is 6.81. The quantitative estimate of drug-likeness (QED) is 0.519. The Balaban J connectivity index is 1.39. The highest BCUT2D eigenvalue weighted by atomic mass is 16.2. The van der Waals surface area contributed by atoms with E-state index in [4.69, 9.17) is 0 Å². The molecule has 0 spiro atoms. The SMILES string of the molecule is O=C(C1C2CCCCC21)N1CCCCCCCCN(Cc2ccccc2)c2ccccc2C1. The van der Waals surface area contributed by atoms with Crippen molar-refractivity contribution < 1.29 is 4.79 Å². The molecule has 3 heteroatoms. The standard InChI is InChI=1S/C30H40N2O/c33-30(29-26-17-9-10-18-27(26)29)32-21-13-4-2-1-3-12-20-31(22-24-14-6-5-7-15-24)28-19-11-8-16-25(28)23-32/h5-8,11,14-16,19,26-27,29H,1-4,9-10,12-13,17-18,20-23H2. The Kier molecular flexibility index (Phi) is 7.34. The van der Waals surface area contributed by atoms with Gasteiger partial charge in [0, 0.05) is 37.8 Å². The van der Waals surface area contributed by atoms with Crippen LogP contribution in [0.4, 0.5) is 5.69 Å². The van der Waals surface area contributed by atoms with Crippen LogP contribution in [0.2, 0.25) is 0 Å². The summed E-state index contributed by atoms with van der Waals surface area (Å²) in [6.45, 7) is 3.68. The highest BCUT2D eigenvalue weighted by Gasteiger charge is 2.55. The minimum atomic E-state index is 0.316. The van der Waals surface area contributed by atoms with Crippen LogP contribution in [0.1, 0.15) is 75.3 Å². The number of hydrogen-bond acceptors (Lipinski definition) is 2. The van der Waals surface area contributed by atoms with E-state index in [-0.39, 0.29) is 0 Å². The molecule has 33 heavy (non-hydrogen) atoms. The van der Waals surface area contributed by atoms with Crippen molar-refractivity contribution in [2.45, 2.75) is 77.3 Å². The monoisotopic (exact) mass is 444 g/mol. The normalized spacial score (nSPS) is 26.2. The zero-order valence-electron chi connectivity index (χ0n) is 20.1. The minimum Gasteiger partial charge on any atom is -0.367 e. The summed E-state index contributed by atoms with van der Waals surface area (Å²) in [5.41, 5.74) is 3.97. The molecular weight excluding hydrogens is 404 g/mol. The van der Waals surface area contributed by atoms with Gasteiger partial charge in [0.15, 0.2) is 0 Å². The third-order valence-electron chi connectivity index (χ3n) is 8.27. The second-order valence-electron chi connectivity index (χ2n) is 10.6. The van der Waals surface area contributed by atoms with Crippen LogP contribution in [0.3, 0.4) is 0 Å². The molecule has 5 rings (SSSR count). The molecule has 0 radical (unpaired) electrons. The molecule has 0 aromatic heterocycles. The van der Waals surface area contributed by atoms with Crippen LogP contribution in [0.25, 0.3) is 0 Å². The van der Waals surface area contributed by atoms with Gasteiger partial charge in [-0.15, -0.1) is 0 Å². The van der Waals surface area contributed by atoms with Gasteiger partial charge in [0.1, 0.15) is 0 Å². The van der Waals surface area contributed by atoms with Crippen molar-refractivity contribution in [1.82, 2.24) is 4.90 Å². The van der Waals surface area contributed by atoms with Gasteiger partial charge < -0.3 is 9.80 Å².